The van der Waals surface area contributed by atoms with Gasteiger partial charge in [0.25, 0.3) is 0 Å². The molecule has 2 aromatic rings. The molecule has 2 fully saturated rings. The van der Waals surface area contributed by atoms with Gasteiger partial charge in [-0.05, 0) is 54.2 Å². The molecule has 0 heterocycles. The molecule has 2 aromatic carbocycles. The minimum atomic E-state index is -0.922. The van der Waals surface area contributed by atoms with Crippen molar-refractivity contribution in [2.45, 2.75) is 69.9 Å². The number of carbonyl (C=O) groups is 3. The number of aliphatic carboxylic acids is 1. The first-order valence-corrected chi connectivity index (χ1v) is 12.4. The van der Waals surface area contributed by atoms with Gasteiger partial charge in [0.2, 0.25) is 11.8 Å². The largest absolute Gasteiger partial charge is 0.480 e. The van der Waals surface area contributed by atoms with Crippen LogP contribution in [0.1, 0.15) is 67.6 Å². The molecule has 2 saturated carbocycles. The fraction of sp³-hybridized carbons (Fsp3) is 0.464. The van der Waals surface area contributed by atoms with Gasteiger partial charge < -0.3 is 15.7 Å². The third-order valence-corrected chi connectivity index (χ3v) is 7.19. The normalized spacial score (nSPS) is 20.8. The second-order valence-corrected chi connectivity index (χ2v) is 9.68. The third-order valence-electron chi connectivity index (χ3n) is 7.19. The SMILES string of the molecule is O=C(CCc1ccc([C@@H]2CC2C(=O)N[C@H](C(=O)O)C2CCCCC2)cc1)NCc1ccccc1. The summed E-state index contributed by atoms with van der Waals surface area (Å²) in [5.74, 6) is -1.00. The van der Waals surface area contributed by atoms with Crippen LogP contribution >= 0.6 is 0 Å². The van der Waals surface area contributed by atoms with E-state index in [4.69, 9.17) is 0 Å². The van der Waals surface area contributed by atoms with Crippen LogP contribution in [0.25, 0.3) is 0 Å². The van der Waals surface area contributed by atoms with E-state index in [0.29, 0.717) is 19.4 Å². The number of benzene rings is 2. The molecule has 2 amide bonds. The van der Waals surface area contributed by atoms with Crippen molar-refractivity contribution in [2.24, 2.45) is 11.8 Å². The summed E-state index contributed by atoms with van der Waals surface area (Å²) < 4.78 is 0. The lowest BCUT2D eigenvalue weighted by Gasteiger charge is -2.28. The van der Waals surface area contributed by atoms with Crippen molar-refractivity contribution in [1.29, 1.82) is 0 Å². The Bertz CT molecular complexity index is 983. The van der Waals surface area contributed by atoms with Gasteiger partial charge in [0, 0.05) is 18.9 Å². The van der Waals surface area contributed by atoms with Gasteiger partial charge in [0.15, 0.2) is 0 Å². The van der Waals surface area contributed by atoms with Gasteiger partial charge in [0.1, 0.15) is 6.04 Å². The van der Waals surface area contributed by atoms with E-state index in [2.05, 4.69) is 10.6 Å². The Kier molecular flexibility index (Phi) is 7.99. The van der Waals surface area contributed by atoms with Crippen LogP contribution in [0, 0.1) is 11.8 Å². The highest BCUT2D eigenvalue weighted by atomic mass is 16.4. The summed E-state index contributed by atoms with van der Waals surface area (Å²) in [5, 5.41) is 15.4. The van der Waals surface area contributed by atoms with Crippen LogP contribution in [0.3, 0.4) is 0 Å². The smallest absolute Gasteiger partial charge is 0.326 e. The molecule has 0 radical (unpaired) electrons. The van der Waals surface area contributed by atoms with Crippen LogP contribution in [0.5, 0.6) is 0 Å². The van der Waals surface area contributed by atoms with E-state index in [1.807, 2.05) is 54.6 Å². The van der Waals surface area contributed by atoms with E-state index in [-0.39, 0.29) is 29.6 Å². The van der Waals surface area contributed by atoms with Gasteiger partial charge in [-0.15, -0.1) is 0 Å². The van der Waals surface area contributed by atoms with Gasteiger partial charge in [-0.1, -0.05) is 73.9 Å². The second kappa shape index (κ2) is 11.3. The van der Waals surface area contributed by atoms with E-state index >= 15 is 0 Å². The maximum Gasteiger partial charge on any atom is 0.326 e. The first-order valence-electron chi connectivity index (χ1n) is 12.4. The van der Waals surface area contributed by atoms with Crippen LogP contribution in [-0.4, -0.2) is 28.9 Å². The zero-order valence-electron chi connectivity index (χ0n) is 19.5. The fourth-order valence-corrected chi connectivity index (χ4v) is 5.04. The van der Waals surface area contributed by atoms with E-state index in [9.17, 15) is 19.5 Å². The Hall–Kier alpha value is -3.15. The molecule has 1 unspecified atom stereocenters. The van der Waals surface area contributed by atoms with Crippen molar-refractivity contribution in [3.05, 3.63) is 71.3 Å². The number of aryl methyl sites for hydroxylation is 1. The van der Waals surface area contributed by atoms with Crippen molar-refractivity contribution in [2.75, 3.05) is 0 Å². The molecule has 6 heteroatoms. The number of carboxylic acid groups (broad SMARTS) is 1. The van der Waals surface area contributed by atoms with Gasteiger partial charge in [0.05, 0.1) is 0 Å². The summed E-state index contributed by atoms with van der Waals surface area (Å²) in [6.45, 7) is 0.535. The Morgan fingerprint density at radius 2 is 1.62 bits per heavy atom. The van der Waals surface area contributed by atoms with E-state index in [1.54, 1.807) is 0 Å². The number of carbonyl (C=O) groups excluding carboxylic acids is 2. The van der Waals surface area contributed by atoms with Crippen molar-refractivity contribution in [3.63, 3.8) is 0 Å². The van der Waals surface area contributed by atoms with Crippen LogP contribution in [0.2, 0.25) is 0 Å². The molecule has 0 aromatic heterocycles. The predicted octanol–water partition coefficient (Wildman–Crippen LogP) is 4.19. The molecule has 34 heavy (non-hydrogen) atoms. The minimum absolute atomic E-state index is 0.0257. The first-order chi connectivity index (χ1) is 16.5. The van der Waals surface area contributed by atoms with Crippen LogP contribution in [0.15, 0.2) is 54.6 Å². The Morgan fingerprint density at radius 1 is 0.912 bits per heavy atom. The number of amides is 2. The number of hydrogen-bond acceptors (Lipinski definition) is 3. The molecule has 2 aliphatic carbocycles. The monoisotopic (exact) mass is 462 g/mol. The topological polar surface area (TPSA) is 95.5 Å². The zero-order chi connectivity index (χ0) is 23.9. The lowest BCUT2D eigenvalue weighted by molar-refractivity contribution is -0.144. The molecule has 3 N–H and O–H groups in total. The highest BCUT2D eigenvalue weighted by Crippen LogP contribution is 2.47. The van der Waals surface area contributed by atoms with Crippen LogP contribution in [0.4, 0.5) is 0 Å². The number of rotatable bonds is 10. The highest BCUT2D eigenvalue weighted by molar-refractivity contribution is 5.87. The summed E-state index contributed by atoms with van der Waals surface area (Å²) in [6, 6.07) is 17.2. The molecule has 0 bridgehead atoms. The van der Waals surface area contributed by atoms with E-state index in [0.717, 1.165) is 55.2 Å². The van der Waals surface area contributed by atoms with E-state index < -0.39 is 12.0 Å². The minimum Gasteiger partial charge on any atom is -0.480 e. The average molecular weight is 463 g/mol. The Morgan fingerprint density at radius 3 is 2.29 bits per heavy atom. The lowest BCUT2D eigenvalue weighted by Crippen LogP contribution is -2.47. The molecule has 0 aliphatic heterocycles. The predicted molar refractivity (Wildman–Crippen MR) is 130 cm³/mol. The van der Waals surface area contributed by atoms with Gasteiger partial charge in [-0.25, -0.2) is 4.79 Å². The Labute approximate surface area is 201 Å². The molecule has 0 saturated heterocycles. The van der Waals surface area contributed by atoms with Crippen LogP contribution < -0.4 is 10.6 Å². The molecule has 4 rings (SSSR count). The molecule has 6 nitrogen and oxygen atoms in total. The molecule has 0 spiro atoms. The second-order valence-electron chi connectivity index (χ2n) is 9.68. The van der Waals surface area contributed by atoms with Crippen molar-refractivity contribution >= 4 is 17.8 Å². The summed E-state index contributed by atoms with van der Waals surface area (Å²) in [7, 11) is 0. The lowest BCUT2D eigenvalue weighted by atomic mass is 9.84. The van der Waals surface area contributed by atoms with E-state index in [1.165, 1.54) is 0 Å². The first kappa shape index (κ1) is 24.0. The third kappa shape index (κ3) is 6.46. The Balaban J connectivity index is 1.22. The summed E-state index contributed by atoms with van der Waals surface area (Å²) in [4.78, 5) is 36.6. The number of carboxylic acids is 1. The maximum absolute atomic E-state index is 12.7. The van der Waals surface area contributed by atoms with Crippen molar-refractivity contribution in [3.8, 4) is 0 Å². The summed E-state index contributed by atoms with van der Waals surface area (Å²) in [5.41, 5.74) is 3.27. The quantitative estimate of drug-likeness (QED) is 0.493. The van der Waals surface area contributed by atoms with Crippen molar-refractivity contribution in [1.82, 2.24) is 10.6 Å². The van der Waals surface area contributed by atoms with Crippen molar-refractivity contribution < 1.29 is 19.5 Å². The molecule has 3 atom stereocenters. The zero-order valence-corrected chi connectivity index (χ0v) is 19.5. The van der Waals surface area contributed by atoms with Gasteiger partial charge in [-0.2, -0.15) is 0 Å². The average Bonchev–Trinajstić information content (AvgIpc) is 3.67. The molecular weight excluding hydrogens is 428 g/mol. The summed E-state index contributed by atoms with van der Waals surface area (Å²) >= 11 is 0. The van der Waals surface area contributed by atoms with Crippen LogP contribution in [-0.2, 0) is 27.3 Å². The van der Waals surface area contributed by atoms with Gasteiger partial charge >= 0.3 is 5.97 Å². The maximum atomic E-state index is 12.7. The summed E-state index contributed by atoms with van der Waals surface area (Å²) in [6.07, 6.45) is 6.82. The molecule has 180 valence electrons. The highest BCUT2D eigenvalue weighted by Gasteiger charge is 2.45. The number of hydrogen-bond donors (Lipinski definition) is 3. The fourth-order valence-electron chi connectivity index (χ4n) is 5.04. The standard InChI is InChI=1S/C28H34N2O4/c31-25(29-18-20-7-3-1-4-8-20)16-13-19-11-14-21(15-12-19)23-17-24(23)27(32)30-26(28(33)34)22-9-5-2-6-10-22/h1,3-4,7-8,11-12,14-15,22-24,26H,2,5-6,9-10,13,16-18H2,(H,29,31)(H,30,32)(H,33,34)/t23-,24?,26-/m0/s1. The molecule has 2 aliphatic rings. The molecular formula is C28H34N2O4. The number of nitrogens with one attached hydrogen (secondary N) is 2. The van der Waals surface area contributed by atoms with Gasteiger partial charge in [-0.3, -0.25) is 9.59 Å².